The van der Waals surface area contributed by atoms with Crippen molar-refractivity contribution in [3.05, 3.63) is 23.8 Å². The van der Waals surface area contributed by atoms with E-state index in [2.05, 4.69) is 53.7 Å². The lowest BCUT2D eigenvalue weighted by Crippen LogP contribution is -2.39. The maximum absolute atomic E-state index is 6.53. The largest absolute Gasteiger partial charge is 0.494 e. The number of hydrogen-bond acceptors (Lipinski definition) is 2. The van der Waals surface area contributed by atoms with Gasteiger partial charge in [-0.05, 0) is 55.4 Å². The van der Waals surface area contributed by atoms with Gasteiger partial charge in [0.15, 0.2) is 0 Å². The molecule has 2 nitrogen and oxygen atoms in total. The van der Waals surface area contributed by atoms with Gasteiger partial charge in [-0.3, -0.25) is 0 Å². The van der Waals surface area contributed by atoms with Crippen molar-refractivity contribution in [2.75, 3.05) is 13.2 Å². The molecule has 0 radical (unpaired) electrons. The van der Waals surface area contributed by atoms with Crippen molar-refractivity contribution in [3.8, 4) is 11.5 Å². The van der Waals surface area contributed by atoms with E-state index in [9.17, 15) is 0 Å². The molecule has 1 rings (SSSR count). The van der Waals surface area contributed by atoms with E-state index in [-0.39, 0.29) is 10.3 Å². The number of ether oxygens (including phenoxy) is 2. The van der Waals surface area contributed by atoms with Crippen LogP contribution >= 0.6 is 18.9 Å². The van der Waals surface area contributed by atoms with Crippen molar-refractivity contribution in [1.29, 1.82) is 0 Å². The summed E-state index contributed by atoms with van der Waals surface area (Å²) in [7, 11) is -1.82. The highest BCUT2D eigenvalue weighted by Crippen LogP contribution is 2.78. The van der Waals surface area contributed by atoms with Crippen LogP contribution in [-0.2, 0) is 0 Å². The predicted molar refractivity (Wildman–Crippen MR) is 105 cm³/mol. The van der Waals surface area contributed by atoms with Gasteiger partial charge in [0.1, 0.15) is 11.5 Å². The number of hydrogen-bond donors (Lipinski definition) is 0. The molecule has 132 valence electrons. The molecule has 23 heavy (non-hydrogen) atoms. The lowest BCUT2D eigenvalue weighted by molar-refractivity contribution is 0.323. The fourth-order valence-corrected chi connectivity index (χ4v) is 10.4. The normalized spacial score (nSPS) is 13.1. The van der Waals surface area contributed by atoms with Crippen LogP contribution in [0.3, 0.4) is 0 Å². The van der Waals surface area contributed by atoms with E-state index in [1.807, 2.05) is 25.5 Å². The summed E-state index contributed by atoms with van der Waals surface area (Å²) in [4.78, 5) is 0. The Hall–Kier alpha value is -0.460. The van der Waals surface area contributed by atoms with Gasteiger partial charge >= 0.3 is 0 Å². The summed E-state index contributed by atoms with van der Waals surface area (Å²) in [6.07, 6.45) is 0. The van der Waals surface area contributed by atoms with E-state index < -0.39 is 7.26 Å². The van der Waals surface area contributed by atoms with Crippen LogP contribution in [-0.4, -0.2) is 23.5 Å². The van der Waals surface area contributed by atoms with Gasteiger partial charge in [0.25, 0.3) is 0 Å². The third-order valence-electron chi connectivity index (χ3n) is 4.16. The zero-order valence-electron chi connectivity index (χ0n) is 15.9. The molecule has 0 saturated carbocycles. The van der Waals surface area contributed by atoms with E-state index in [0.717, 1.165) is 11.5 Å². The Kier molecular flexibility index (Phi) is 6.82. The monoisotopic (exact) mass is 358 g/mol. The minimum atomic E-state index is -1.82. The summed E-state index contributed by atoms with van der Waals surface area (Å²) in [6.45, 7) is 18.9. The van der Waals surface area contributed by atoms with E-state index in [1.54, 1.807) is 0 Å². The van der Waals surface area contributed by atoms with Gasteiger partial charge in [0.2, 0.25) is 0 Å². The minimum Gasteiger partial charge on any atom is -0.494 e. The number of halogens is 1. The molecule has 0 aliphatic heterocycles. The lowest BCUT2D eigenvalue weighted by atomic mass is 10.2. The Balaban J connectivity index is 3.64. The quantitative estimate of drug-likeness (QED) is 0.453. The molecule has 0 fully saturated rings. The second-order valence-electron chi connectivity index (χ2n) is 7.69. The summed E-state index contributed by atoms with van der Waals surface area (Å²) in [5.41, 5.74) is 1.94. The molecule has 0 aromatic heterocycles. The SMILES string of the molecule is CCOc1cc(OCC)cc([P+]([CH-]Cl)(C(C)(C)C)C(C)(C)C)c1. The van der Waals surface area contributed by atoms with E-state index >= 15 is 0 Å². The third-order valence-corrected chi connectivity index (χ3v) is 10.6. The maximum Gasteiger partial charge on any atom is 0.126 e. The van der Waals surface area contributed by atoms with Gasteiger partial charge in [-0.15, -0.1) is 0 Å². The van der Waals surface area contributed by atoms with E-state index in [0.29, 0.717) is 13.2 Å². The van der Waals surface area contributed by atoms with Crippen LogP contribution in [0.2, 0.25) is 0 Å². The van der Waals surface area contributed by atoms with Crippen LogP contribution in [0.1, 0.15) is 55.4 Å². The van der Waals surface area contributed by atoms with E-state index in [1.165, 1.54) is 5.30 Å². The molecule has 4 heteroatoms. The molecule has 0 bridgehead atoms. The van der Waals surface area contributed by atoms with Crippen LogP contribution in [0.5, 0.6) is 11.5 Å². The average molecular weight is 359 g/mol. The summed E-state index contributed by atoms with van der Waals surface area (Å²) in [5, 5.41) is 1.32. The van der Waals surface area contributed by atoms with Gasteiger partial charge in [0, 0.05) is 18.2 Å². The maximum atomic E-state index is 6.53. The Bertz CT molecular complexity index is 477. The summed E-state index contributed by atoms with van der Waals surface area (Å²) < 4.78 is 11.6. The average Bonchev–Trinajstić information content (AvgIpc) is 2.37. The Morgan fingerprint density at radius 2 is 1.26 bits per heavy atom. The molecular weight excluding hydrogens is 327 g/mol. The highest BCUT2D eigenvalue weighted by molar-refractivity contribution is 7.88. The van der Waals surface area contributed by atoms with Crippen LogP contribution in [0.15, 0.2) is 18.2 Å². The summed E-state index contributed by atoms with van der Waals surface area (Å²) >= 11 is 6.53. The van der Waals surface area contributed by atoms with Crippen LogP contribution < -0.4 is 14.8 Å². The van der Waals surface area contributed by atoms with Crippen molar-refractivity contribution in [2.45, 2.75) is 65.7 Å². The van der Waals surface area contributed by atoms with Gasteiger partial charge in [-0.1, -0.05) is 12.9 Å². The number of rotatable bonds is 6. The van der Waals surface area contributed by atoms with Crippen LogP contribution in [0, 0.1) is 5.62 Å². The second kappa shape index (κ2) is 7.62. The Labute approximate surface area is 148 Å². The van der Waals surface area contributed by atoms with Crippen molar-refractivity contribution in [2.24, 2.45) is 0 Å². The second-order valence-corrected chi connectivity index (χ2v) is 13.1. The zero-order valence-corrected chi connectivity index (χ0v) is 17.5. The standard InChI is InChI=1S/C19H32ClO2P/c1-9-21-15-11-16(22-10-2)13-17(12-15)23(14-20,18(3,4)5)19(6,7)8/h11-14H,9-10H2,1-8H3. The molecule has 0 aliphatic carbocycles. The Morgan fingerprint density at radius 1 is 0.870 bits per heavy atom. The first kappa shape index (κ1) is 20.6. The Morgan fingerprint density at radius 3 is 1.52 bits per heavy atom. The lowest BCUT2D eigenvalue weighted by Gasteiger charge is -2.52. The highest BCUT2D eigenvalue weighted by Gasteiger charge is 2.52. The number of benzene rings is 1. The van der Waals surface area contributed by atoms with Crippen molar-refractivity contribution < 1.29 is 9.47 Å². The van der Waals surface area contributed by atoms with Gasteiger partial charge in [-0.25, -0.2) is 0 Å². The molecule has 0 spiro atoms. The van der Waals surface area contributed by atoms with Gasteiger partial charge in [-0.2, -0.15) is 0 Å². The zero-order chi connectivity index (χ0) is 17.9. The fourth-order valence-electron chi connectivity index (χ4n) is 3.39. The molecule has 1 aromatic rings. The van der Waals surface area contributed by atoms with Gasteiger partial charge in [0.05, 0.1) is 28.8 Å². The topological polar surface area (TPSA) is 18.5 Å². The molecule has 0 N–H and O–H groups in total. The first-order chi connectivity index (χ1) is 10.5. The molecule has 0 saturated heterocycles. The fraction of sp³-hybridized carbons (Fsp3) is 0.632. The minimum absolute atomic E-state index is 0.0430. The molecule has 0 heterocycles. The predicted octanol–water partition coefficient (Wildman–Crippen LogP) is 6.08. The van der Waals surface area contributed by atoms with Gasteiger partial charge < -0.3 is 21.1 Å². The first-order valence-corrected chi connectivity index (χ1v) is 10.6. The molecule has 0 amide bonds. The first-order valence-electron chi connectivity index (χ1n) is 8.28. The molecule has 0 unspecified atom stereocenters. The third kappa shape index (κ3) is 4.15. The van der Waals surface area contributed by atoms with Crippen LogP contribution in [0.4, 0.5) is 0 Å². The highest BCUT2D eigenvalue weighted by atomic mass is 35.5. The van der Waals surface area contributed by atoms with Crippen molar-refractivity contribution >= 4 is 24.2 Å². The molecular formula is C19H32ClO2P. The summed E-state index contributed by atoms with van der Waals surface area (Å²) in [5.74, 6) is 1.70. The molecule has 0 aliphatic rings. The molecule has 0 atom stereocenters. The van der Waals surface area contributed by atoms with Crippen molar-refractivity contribution in [3.63, 3.8) is 0 Å². The molecule has 1 aromatic carbocycles. The van der Waals surface area contributed by atoms with E-state index in [4.69, 9.17) is 21.1 Å². The van der Waals surface area contributed by atoms with Crippen LogP contribution in [0.25, 0.3) is 0 Å². The summed E-state index contributed by atoms with van der Waals surface area (Å²) in [6, 6.07) is 6.26. The van der Waals surface area contributed by atoms with Crippen molar-refractivity contribution in [1.82, 2.24) is 0 Å². The smallest absolute Gasteiger partial charge is 0.126 e.